The van der Waals surface area contributed by atoms with Crippen LogP contribution < -0.4 is 5.32 Å². The number of aromatic nitrogens is 3. The lowest BCUT2D eigenvalue weighted by Gasteiger charge is -2.29. The zero-order chi connectivity index (χ0) is 21.3. The van der Waals surface area contributed by atoms with E-state index >= 15 is 0 Å². The van der Waals surface area contributed by atoms with Gasteiger partial charge in [0.2, 0.25) is 5.91 Å². The number of amides is 2. The molecule has 0 bridgehead atoms. The molecule has 9 heteroatoms. The Labute approximate surface area is 175 Å². The molecule has 2 aromatic heterocycles. The number of unbranched alkanes of at least 4 members (excludes halogenated alkanes) is 1. The van der Waals surface area contributed by atoms with Gasteiger partial charge in [-0.05, 0) is 30.7 Å². The number of rotatable bonds is 11. The van der Waals surface area contributed by atoms with E-state index < -0.39 is 6.04 Å². The van der Waals surface area contributed by atoms with Crippen molar-refractivity contribution in [2.24, 2.45) is 0 Å². The zero-order valence-electron chi connectivity index (χ0n) is 17.3. The Hall–Kier alpha value is -3.20. The Kier molecular flexibility index (Phi) is 7.56. The molecule has 0 aliphatic rings. The first-order valence-corrected chi connectivity index (χ1v) is 10.0. The third-order valence-electron chi connectivity index (χ3n) is 4.76. The summed E-state index contributed by atoms with van der Waals surface area (Å²) >= 11 is 0. The number of benzene rings is 1. The molecular formula is C21H27N5O4. The topological polar surface area (TPSA) is 102 Å². The van der Waals surface area contributed by atoms with Gasteiger partial charge in [0, 0.05) is 20.2 Å². The number of carbonyl (C=O) groups excluding carboxylic acids is 2. The fourth-order valence-electron chi connectivity index (χ4n) is 3.22. The molecule has 30 heavy (non-hydrogen) atoms. The highest BCUT2D eigenvalue weighted by Crippen LogP contribution is 2.23. The van der Waals surface area contributed by atoms with E-state index in [2.05, 4.69) is 15.6 Å². The summed E-state index contributed by atoms with van der Waals surface area (Å²) in [5, 5.41) is 11.0. The van der Waals surface area contributed by atoms with Gasteiger partial charge in [-0.25, -0.2) is 4.68 Å². The maximum Gasteiger partial charge on any atom is 0.250 e. The monoisotopic (exact) mass is 413 g/mol. The van der Waals surface area contributed by atoms with Crippen LogP contribution in [0.25, 0.3) is 11.0 Å². The van der Waals surface area contributed by atoms with Crippen molar-refractivity contribution >= 4 is 22.8 Å². The molecule has 0 aliphatic carbocycles. The van der Waals surface area contributed by atoms with E-state index in [1.807, 2.05) is 31.2 Å². The van der Waals surface area contributed by atoms with Crippen LogP contribution in [-0.2, 0) is 20.9 Å². The lowest BCUT2D eigenvalue weighted by Crippen LogP contribution is -2.45. The van der Waals surface area contributed by atoms with Crippen molar-refractivity contribution in [1.29, 1.82) is 0 Å². The van der Waals surface area contributed by atoms with Gasteiger partial charge in [-0.2, -0.15) is 0 Å². The molecule has 1 N–H and O–H groups in total. The van der Waals surface area contributed by atoms with E-state index in [0.29, 0.717) is 31.0 Å². The molecule has 0 aliphatic heterocycles. The van der Waals surface area contributed by atoms with Crippen molar-refractivity contribution in [3.8, 4) is 0 Å². The predicted octanol–water partition coefficient (Wildman–Crippen LogP) is 2.16. The van der Waals surface area contributed by atoms with E-state index in [0.717, 1.165) is 18.4 Å². The third kappa shape index (κ3) is 5.04. The largest absolute Gasteiger partial charge is 0.467 e. The van der Waals surface area contributed by atoms with Crippen molar-refractivity contribution in [2.75, 3.05) is 26.8 Å². The number of nitrogens with one attached hydrogen (secondary N) is 1. The van der Waals surface area contributed by atoms with Crippen molar-refractivity contribution in [1.82, 2.24) is 25.2 Å². The highest BCUT2D eigenvalue weighted by atomic mass is 16.5. The maximum absolute atomic E-state index is 13.3. The first-order chi connectivity index (χ1) is 14.7. The summed E-state index contributed by atoms with van der Waals surface area (Å²) in [6, 6.07) is 9.99. The van der Waals surface area contributed by atoms with Crippen LogP contribution in [0.5, 0.6) is 0 Å². The minimum absolute atomic E-state index is 0.0210. The number of methoxy groups -OCH3 is 1. The van der Waals surface area contributed by atoms with Crippen LogP contribution in [-0.4, -0.2) is 58.5 Å². The summed E-state index contributed by atoms with van der Waals surface area (Å²) in [5.74, 6) is -0.130. The summed E-state index contributed by atoms with van der Waals surface area (Å²) in [7, 11) is 1.57. The number of nitrogens with zero attached hydrogens (tertiary/aromatic N) is 4. The minimum Gasteiger partial charge on any atom is -0.467 e. The van der Waals surface area contributed by atoms with Crippen molar-refractivity contribution in [3.05, 3.63) is 48.4 Å². The average Bonchev–Trinajstić information content (AvgIpc) is 3.41. The Morgan fingerprint density at radius 3 is 2.83 bits per heavy atom. The van der Waals surface area contributed by atoms with Gasteiger partial charge in [-0.3, -0.25) is 9.59 Å². The van der Waals surface area contributed by atoms with Crippen LogP contribution in [0, 0.1) is 0 Å². The number of hydrogen-bond donors (Lipinski definition) is 1. The normalized spacial score (nSPS) is 12.1. The summed E-state index contributed by atoms with van der Waals surface area (Å²) in [5.41, 5.74) is 1.48. The maximum atomic E-state index is 13.3. The summed E-state index contributed by atoms with van der Waals surface area (Å²) in [6.45, 7) is 3.16. The van der Waals surface area contributed by atoms with Gasteiger partial charge >= 0.3 is 0 Å². The average molecular weight is 413 g/mol. The van der Waals surface area contributed by atoms with E-state index in [4.69, 9.17) is 9.15 Å². The van der Waals surface area contributed by atoms with Crippen LogP contribution in [0.4, 0.5) is 0 Å². The third-order valence-corrected chi connectivity index (χ3v) is 4.76. The Morgan fingerprint density at radius 2 is 2.10 bits per heavy atom. The summed E-state index contributed by atoms with van der Waals surface area (Å²) in [6.07, 6.45) is 3.14. The lowest BCUT2D eigenvalue weighted by atomic mass is 10.1. The van der Waals surface area contributed by atoms with Crippen LogP contribution in [0.1, 0.15) is 31.6 Å². The van der Waals surface area contributed by atoms with E-state index in [1.54, 1.807) is 28.8 Å². The summed E-state index contributed by atoms with van der Waals surface area (Å²) < 4.78 is 12.1. The number of fused-ring (bicyclic) bond motifs is 1. The van der Waals surface area contributed by atoms with Gasteiger partial charge in [0.25, 0.3) is 5.91 Å². The molecule has 9 nitrogen and oxygen atoms in total. The molecule has 3 aromatic rings. The quantitative estimate of drug-likeness (QED) is 0.483. The minimum atomic E-state index is -0.870. The molecule has 0 radical (unpaired) electrons. The molecule has 160 valence electrons. The molecule has 3 rings (SSSR count). The van der Waals surface area contributed by atoms with Gasteiger partial charge in [-0.15, -0.1) is 5.10 Å². The molecule has 0 saturated carbocycles. The highest BCUT2D eigenvalue weighted by molar-refractivity contribution is 5.88. The second-order valence-electron chi connectivity index (χ2n) is 6.88. The highest BCUT2D eigenvalue weighted by Gasteiger charge is 2.33. The molecule has 2 amide bonds. The Bertz CT molecular complexity index is 953. The van der Waals surface area contributed by atoms with Gasteiger partial charge in [-0.1, -0.05) is 30.7 Å². The smallest absolute Gasteiger partial charge is 0.250 e. The molecule has 1 atom stereocenters. The van der Waals surface area contributed by atoms with Crippen molar-refractivity contribution in [2.45, 2.75) is 32.4 Å². The Balaban J connectivity index is 1.86. The second-order valence-corrected chi connectivity index (χ2v) is 6.88. The van der Waals surface area contributed by atoms with Crippen molar-refractivity contribution < 1.29 is 18.7 Å². The standard InChI is InChI=1S/C21H27N5O4/c1-3-4-12-25(19(27)15-26-17-9-6-5-8-16(17)23-24-26)20(18-10-7-13-30-18)21(28)22-11-14-29-2/h5-10,13,20H,3-4,11-12,14-15H2,1-2H3,(H,22,28)/t20-/m0/s1. The fourth-order valence-corrected chi connectivity index (χ4v) is 3.22. The van der Waals surface area contributed by atoms with Gasteiger partial charge < -0.3 is 19.4 Å². The van der Waals surface area contributed by atoms with Crippen LogP contribution in [0.2, 0.25) is 0 Å². The van der Waals surface area contributed by atoms with E-state index in [9.17, 15) is 9.59 Å². The van der Waals surface area contributed by atoms with Crippen LogP contribution in [0.3, 0.4) is 0 Å². The molecule has 0 saturated heterocycles. The number of hydrogen-bond acceptors (Lipinski definition) is 6. The summed E-state index contributed by atoms with van der Waals surface area (Å²) in [4.78, 5) is 27.9. The second kappa shape index (κ2) is 10.5. The molecule has 0 unspecified atom stereocenters. The first-order valence-electron chi connectivity index (χ1n) is 10.0. The number of ether oxygens (including phenoxy) is 1. The molecule has 0 spiro atoms. The van der Waals surface area contributed by atoms with Gasteiger partial charge in [0.05, 0.1) is 18.4 Å². The number of carbonyl (C=O) groups is 2. The molecular weight excluding hydrogens is 386 g/mol. The lowest BCUT2D eigenvalue weighted by molar-refractivity contribution is -0.142. The zero-order valence-corrected chi connectivity index (χ0v) is 17.3. The molecule has 1 aromatic carbocycles. The SMILES string of the molecule is CCCCN(C(=O)Cn1nnc2ccccc21)[C@H](C(=O)NCCOC)c1ccco1. The Morgan fingerprint density at radius 1 is 1.27 bits per heavy atom. The predicted molar refractivity (Wildman–Crippen MR) is 110 cm³/mol. The molecule has 2 heterocycles. The number of para-hydroxylation sites is 1. The van der Waals surface area contributed by atoms with Crippen LogP contribution >= 0.6 is 0 Å². The van der Waals surface area contributed by atoms with Gasteiger partial charge in [0.15, 0.2) is 6.04 Å². The van der Waals surface area contributed by atoms with E-state index in [1.165, 1.54) is 6.26 Å². The van der Waals surface area contributed by atoms with Crippen LogP contribution in [0.15, 0.2) is 47.1 Å². The van der Waals surface area contributed by atoms with Crippen molar-refractivity contribution in [3.63, 3.8) is 0 Å². The number of furan rings is 1. The first kappa shape index (κ1) is 21.5. The van der Waals surface area contributed by atoms with Gasteiger partial charge in [0.1, 0.15) is 17.8 Å². The van der Waals surface area contributed by atoms with E-state index in [-0.39, 0.29) is 18.4 Å². The molecule has 0 fully saturated rings. The fraction of sp³-hybridized carbons (Fsp3) is 0.429.